The highest BCUT2D eigenvalue weighted by atomic mass is 19.3. The lowest BCUT2D eigenvalue weighted by molar-refractivity contribution is -0.0531. The first-order valence-corrected chi connectivity index (χ1v) is 7.52. The minimum absolute atomic E-state index is 0.120. The molecule has 0 fully saturated rings. The number of carbonyl (C=O) groups is 1. The molecular formula is C17H12F3N5O2. The number of ether oxygens (including phenoxy) is 1. The van der Waals surface area contributed by atoms with Crippen LogP contribution in [0.2, 0.25) is 0 Å². The molecule has 0 spiro atoms. The van der Waals surface area contributed by atoms with Crippen LogP contribution in [-0.2, 0) is 0 Å². The third-order valence-electron chi connectivity index (χ3n) is 3.43. The van der Waals surface area contributed by atoms with E-state index in [4.69, 9.17) is 5.73 Å². The number of alkyl halides is 2. The van der Waals surface area contributed by atoms with Crippen LogP contribution in [0.5, 0.6) is 5.88 Å². The number of hydrogen-bond acceptors (Lipinski definition) is 6. The van der Waals surface area contributed by atoms with Gasteiger partial charge in [-0.2, -0.15) is 13.2 Å². The fraction of sp³-hybridized carbons (Fsp3) is 0.0588. The van der Waals surface area contributed by atoms with Gasteiger partial charge >= 0.3 is 6.61 Å². The van der Waals surface area contributed by atoms with Gasteiger partial charge < -0.3 is 15.8 Å². The van der Waals surface area contributed by atoms with Crippen molar-refractivity contribution in [1.29, 1.82) is 0 Å². The summed E-state index contributed by atoms with van der Waals surface area (Å²) in [5.74, 6) is -1.67. The SMILES string of the molecule is Nc1ccc(-c2ccc(F)nc2)cc1NC(=O)c1cnc(OC(F)F)cn1. The van der Waals surface area contributed by atoms with Crippen LogP contribution in [0.3, 0.4) is 0 Å². The highest BCUT2D eigenvalue weighted by molar-refractivity contribution is 6.04. The number of hydrogen-bond donors (Lipinski definition) is 2. The minimum atomic E-state index is -3.04. The van der Waals surface area contributed by atoms with Crippen molar-refractivity contribution in [2.24, 2.45) is 0 Å². The fourth-order valence-electron chi connectivity index (χ4n) is 2.16. The zero-order valence-corrected chi connectivity index (χ0v) is 13.6. The van der Waals surface area contributed by atoms with E-state index in [1.165, 1.54) is 18.3 Å². The summed E-state index contributed by atoms with van der Waals surface area (Å²) >= 11 is 0. The highest BCUT2D eigenvalue weighted by Gasteiger charge is 2.13. The largest absolute Gasteiger partial charge is 0.415 e. The predicted molar refractivity (Wildman–Crippen MR) is 90.7 cm³/mol. The van der Waals surface area contributed by atoms with Crippen LogP contribution in [0.25, 0.3) is 11.1 Å². The Morgan fingerprint density at radius 1 is 1.04 bits per heavy atom. The average molecular weight is 375 g/mol. The summed E-state index contributed by atoms with van der Waals surface area (Å²) in [6.07, 6.45) is 3.25. The smallest absolute Gasteiger partial charge is 0.388 e. The number of amides is 1. The second kappa shape index (κ2) is 7.68. The van der Waals surface area contributed by atoms with Crippen LogP contribution in [0.1, 0.15) is 10.5 Å². The summed E-state index contributed by atoms with van der Waals surface area (Å²) in [6, 6.07) is 7.59. The number of rotatable bonds is 5. The van der Waals surface area contributed by atoms with E-state index in [-0.39, 0.29) is 17.1 Å². The maximum atomic E-state index is 13.0. The number of anilines is 2. The molecule has 0 atom stereocenters. The topological polar surface area (TPSA) is 103 Å². The number of carbonyl (C=O) groups excluding carboxylic acids is 1. The Hall–Kier alpha value is -3.69. The molecule has 1 amide bonds. The van der Waals surface area contributed by atoms with Crippen molar-refractivity contribution >= 4 is 17.3 Å². The Morgan fingerprint density at radius 2 is 1.81 bits per heavy atom. The van der Waals surface area contributed by atoms with E-state index in [0.29, 0.717) is 11.1 Å². The molecule has 0 aliphatic rings. The minimum Gasteiger partial charge on any atom is -0.415 e. The molecule has 7 nitrogen and oxygen atoms in total. The van der Waals surface area contributed by atoms with Gasteiger partial charge in [-0.15, -0.1) is 0 Å². The second-order valence-electron chi connectivity index (χ2n) is 5.24. The molecule has 138 valence electrons. The molecule has 3 N–H and O–H groups in total. The van der Waals surface area contributed by atoms with Crippen molar-refractivity contribution in [3.8, 4) is 17.0 Å². The molecule has 27 heavy (non-hydrogen) atoms. The zero-order chi connectivity index (χ0) is 19.4. The predicted octanol–water partition coefficient (Wildman–Crippen LogP) is 3.11. The van der Waals surface area contributed by atoms with Gasteiger partial charge in [-0.1, -0.05) is 6.07 Å². The van der Waals surface area contributed by atoms with Crippen molar-refractivity contribution in [3.63, 3.8) is 0 Å². The Bertz CT molecular complexity index is 950. The summed E-state index contributed by atoms with van der Waals surface area (Å²) < 4.78 is 41.2. The van der Waals surface area contributed by atoms with Crippen LogP contribution < -0.4 is 15.8 Å². The van der Waals surface area contributed by atoms with Gasteiger partial charge in [0.25, 0.3) is 5.91 Å². The number of benzene rings is 1. The maximum Gasteiger partial charge on any atom is 0.388 e. The highest BCUT2D eigenvalue weighted by Crippen LogP contribution is 2.27. The molecule has 0 radical (unpaired) electrons. The van der Waals surface area contributed by atoms with Gasteiger partial charge in [0.2, 0.25) is 11.8 Å². The Morgan fingerprint density at radius 3 is 2.44 bits per heavy atom. The molecule has 0 unspecified atom stereocenters. The Kier molecular flexibility index (Phi) is 5.15. The van der Waals surface area contributed by atoms with Crippen molar-refractivity contribution in [1.82, 2.24) is 15.0 Å². The first-order chi connectivity index (χ1) is 12.9. The van der Waals surface area contributed by atoms with E-state index >= 15 is 0 Å². The van der Waals surface area contributed by atoms with E-state index < -0.39 is 24.3 Å². The maximum absolute atomic E-state index is 13.0. The molecule has 3 aromatic rings. The molecule has 3 rings (SSSR count). The van der Waals surface area contributed by atoms with E-state index in [9.17, 15) is 18.0 Å². The molecular weight excluding hydrogens is 363 g/mol. The summed E-state index contributed by atoms with van der Waals surface area (Å²) in [7, 11) is 0. The van der Waals surface area contributed by atoms with Gasteiger partial charge in [-0.25, -0.2) is 15.0 Å². The molecule has 0 aliphatic heterocycles. The van der Waals surface area contributed by atoms with Gasteiger partial charge in [0.05, 0.1) is 23.8 Å². The van der Waals surface area contributed by atoms with E-state index in [1.807, 2.05) is 0 Å². The van der Waals surface area contributed by atoms with Crippen LogP contribution in [0.4, 0.5) is 24.5 Å². The normalized spacial score (nSPS) is 10.7. The summed E-state index contributed by atoms with van der Waals surface area (Å²) in [5.41, 5.74) is 7.60. The quantitative estimate of drug-likeness (QED) is 0.525. The zero-order valence-electron chi connectivity index (χ0n) is 13.6. The van der Waals surface area contributed by atoms with Crippen molar-refractivity contribution in [2.75, 3.05) is 11.1 Å². The van der Waals surface area contributed by atoms with Crippen molar-refractivity contribution in [2.45, 2.75) is 6.61 Å². The van der Waals surface area contributed by atoms with E-state index in [2.05, 4.69) is 25.0 Å². The van der Waals surface area contributed by atoms with Crippen molar-refractivity contribution in [3.05, 3.63) is 60.6 Å². The lowest BCUT2D eigenvalue weighted by atomic mass is 10.1. The number of nitrogens with one attached hydrogen (secondary N) is 1. The van der Waals surface area contributed by atoms with Crippen LogP contribution in [-0.4, -0.2) is 27.5 Å². The van der Waals surface area contributed by atoms with Crippen LogP contribution >= 0.6 is 0 Å². The Balaban J connectivity index is 1.79. The van der Waals surface area contributed by atoms with Gasteiger partial charge in [0.1, 0.15) is 5.69 Å². The van der Waals surface area contributed by atoms with E-state index in [1.54, 1.807) is 18.2 Å². The molecule has 0 aliphatic carbocycles. The first-order valence-electron chi connectivity index (χ1n) is 7.52. The standard InChI is InChI=1S/C17H12F3N5O2/c18-14-4-2-10(6-23-14)9-1-3-11(21)12(5-9)25-16(26)13-7-24-15(8-22-13)27-17(19)20/h1-8,17H,21H2,(H,25,26). The summed E-state index contributed by atoms with van der Waals surface area (Å²) in [6.45, 7) is -3.04. The van der Waals surface area contributed by atoms with E-state index in [0.717, 1.165) is 12.4 Å². The lowest BCUT2D eigenvalue weighted by Crippen LogP contribution is -2.15. The number of nitrogen functional groups attached to an aromatic ring is 1. The summed E-state index contributed by atoms with van der Waals surface area (Å²) in [4.78, 5) is 23.1. The van der Waals surface area contributed by atoms with Gasteiger partial charge in [-0.3, -0.25) is 4.79 Å². The first kappa shape index (κ1) is 18.1. The number of halogens is 3. The third kappa shape index (κ3) is 4.48. The molecule has 2 aromatic heterocycles. The molecule has 2 heterocycles. The summed E-state index contributed by atoms with van der Waals surface area (Å²) in [5, 5.41) is 2.56. The van der Waals surface area contributed by atoms with Crippen molar-refractivity contribution < 1.29 is 22.7 Å². The van der Waals surface area contributed by atoms with Gasteiger partial charge in [0, 0.05) is 11.8 Å². The molecule has 1 aromatic carbocycles. The third-order valence-corrected chi connectivity index (χ3v) is 3.43. The number of nitrogens with zero attached hydrogens (tertiary/aromatic N) is 3. The number of pyridine rings is 1. The Labute approximate surface area is 151 Å². The lowest BCUT2D eigenvalue weighted by Gasteiger charge is -2.10. The average Bonchev–Trinajstić information content (AvgIpc) is 2.64. The molecule has 0 saturated heterocycles. The van der Waals surface area contributed by atoms with Crippen LogP contribution in [0, 0.1) is 5.95 Å². The van der Waals surface area contributed by atoms with Crippen LogP contribution in [0.15, 0.2) is 48.9 Å². The molecule has 10 heteroatoms. The number of aromatic nitrogens is 3. The molecule has 0 saturated carbocycles. The molecule has 0 bridgehead atoms. The van der Waals surface area contributed by atoms with Gasteiger partial charge in [-0.05, 0) is 29.8 Å². The van der Waals surface area contributed by atoms with Gasteiger partial charge in [0.15, 0.2) is 0 Å². The second-order valence-corrected chi connectivity index (χ2v) is 5.24. The number of nitrogens with two attached hydrogens (primary N) is 1. The fourth-order valence-corrected chi connectivity index (χ4v) is 2.16. The monoisotopic (exact) mass is 375 g/mol.